The molecule has 0 aliphatic heterocycles. The van der Waals surface area contributed by atoms with Crippen molar-refractivity contribution in [2.75, 3.05) is 25.2 Å². The van der Waals surface area contributed by atoms with Gasteiger partial charge in [0.05, 0.1) is 7.11 Å². The van der Waals surface area contributed by atoms with Crippen LogP contribution in [0.25, 0.3) is 0 Å². The SMILES string of the molecule is CCN(C(=O)c1ccc(OCC(N)=O)c(OC)c1)c1ccc(F)cc1. The summed E-state index contributed by atoms with van der Waals surface area (Å²) < 4.78 is 23.5. The van der Waals surface area contributed by atoms with E-state index in [9.17, 15) is 14.0 Å². The number of carbonyl (C=O) groups excluding carboxylic acids is 2. The fourth-order valence-corrected chi connectivity index (χ4v) is 2.29. The van der Waals surface area contributed by atoms with Crippen molar-refractivity contribution in [2.45, 2.75) is 6.92 Å². The Morgan fingerprint density at radius 1 is 1.12 bits per heavy atom. The molecule has 2 N–H and O–H groups in total. The molecule has 0 radical (unpaired) electrons. The Morgan fingerprint density at radius 3 is 2.36 bits per heavy atom. The Hall–Kier alpha value is -3.09. The maximum Gasteiger partial charge on any atom is 0.258 e. The standard InChI is InChI=1S/C18H19FN2O4/c1-3-21(14-7-5-13(19)6-8-14)18(23)12-4-9-15(16(10-12)24-2)25-11-17(20)22/h4-10H,3,11H2,1-2H3,(H2,20,22). The van der Waals surface area contributed by atoms with Crippen molar-refractivity contribution in [3.8, 4) is 11.5 Å². The highest BCUT2D eigenvalue weighted by molar-refractivity contribution is 6.06. The van der Waals surface area contributed by atoms with E-state index in [-0.39, 0.29) is 18.3 Å². The summed E-state index contributed by atoms with van der Waals surface area (Å²) in [5.74, 6) is -0.639. The summed E-state index contributed by atoms with van der Waals surface area (Å²) >= 11 is 0. The van der Waals surface area contributed by atoms with Crippen LogP contribution in [0.4, 0.5) is 10.1 Å². The Bertz CT molecular complexity index is 762. The molecule has 0 aliphatic carbocycles. The summed E-state index contributed by atoms with van der Waals surface area (Å²) in [6.45, 7) is 1.94. The van der Waals surface area contributed by atoms with Gasteiger partial charge in [-0.15, -0.1) is 0 Å². The van der Waals surface area contributed by atoms with Crippen LogP contribution < -0.4 is 20.1 Å². The van der Waals surface area contributed by atoms with Crippen LogP contribution in [0.15, 0.2) is 42.5 Å². The molecule has 2 aromatic rings. The molecule has 25 heavy (non-hydrogen) atoms. The molecule has 2 aromatic carbocycles. The highest BCUT2D eigenvalue weighted by Gasteiger charge is 2.18. The van der Waals surface area contributed by atoms with Crippen LogP contribution in [0.5, 0.6) is 11.5 Å². The first-order valence-corrected chi connectivity index (χ1v) is 7.62. The summed E-state index contributed by atoms with van der Waals surface area (Å²) in [5.41, 5.74) is 6.01. The second-order valence-electron chi connectivity index (χ2n) is 5.15. The van der Waals surface area contributed by atoms with Gasteiger partial charge in [0.15, 0.2) is 18.1 Å². The molecule has 7 heteroatoms. The van der Waals surface area contributed by atoms with Gasteiger partial charge in [-0.1, -0.05) is 0 Å². The van der Waals surface area contributed by atoms with E-state index in [4.69, 9.17) is 15.2 Å². The molecule has 0 heterocycles. The minimum Gasteiger partial charge on any atom is -0.493 e. The Balaban J connectivity index is 2.27. The minimum absolute atomic E-state index is 0.270. The average molecular weight is 346 g/mol. The van der Waals surface area contributed by atoms with Gasteiger partial charge in [0, 0.05) is 17.8 Å². The van der Waals surface area contributed by atoms with Crippen LogP contribution in [-0.4, -0.2) is 32.1 Å². The van der Waals surface area contributed by atoms with Crippen LogP contribution in [0.3, 0.4) is 0 Å². The van der Waals surface area contributed by atoms with Gasteiger partial charge in [0.1, 0.15) is 5.82 Å². The van der Waals surface area contributed by atoms with Crippen molar-refractivity contribution >= 4 is 17.5 Å². The molecular formula is C18H19FN2O4. The van der Waals surface area contributed by atoms with E-state index in [1.807, 2.05) is 6.92 Å². The van der Waals surface area contributed by atoms with Gasteiger partial charge >= 0.3 is 0 Å². The third kappa shape index (κ3) is 4.47. The number of ether oxygens (including phenoxy) is 2. The van der Waals surface area contributed by atoms with Crippen LogP contribution in [-0.2, 0) is 4.79 Å². The van der Waals surface area contributed by atoms with Crippen molar-refractivity contribution in [2.24, 2.45) is 5.73 Å². The Kier molecular flexibility index (Phi) is 5.94. The summed E-state index contributed by atoms with van der Waals surface area (Å²) in [6, 6.07) is 10.3. The van der Waals surface area contributed by atoms with Crippen molar-refractivity contribution in [3.63, 3.8) is 0 Å². The van der Waals surface area contributed by atoms with Crippen LogP contribution in [0.2, 0.25) is 0 Å². The largest absolute Gasteiger partial charge is 0.493 e. The first kappa shape index (κ1) is 18.3. The Morgan fingerprint density at radius 2 is 1.80 bits per heavy atom. The summed E-state index contributed by atoms with van der Waals surface area (Å²) in [6.07, 6.45) is 0. The first-order chi connectivity index (χ1) is 12.0. The lowest BCUT2D eigenvalue weighted by atomic mass is 10.1. The number of halogens is 1. The highest BCUT2D eigenvalue weighted by atomic mass is 19.1. The van der Waals surface area contributed by atoms with Gasteiger partial charge in [0.25, 0.3) is 11.8 Å². The number of rotatable bonds is 7. The molecule has 0 bridgehead atoms. The summed E-state index contributed by atoms with van der Waals surface area (Å²) in [5, 5.41) is 0. The smallest absolute Gasteiger partial charge is 0.258 e. The molecule has 132 valence electrons. The number of amides is 2. The molecule has 2 rings (SSSR count). The Labute approximate surface area is 144 Å². The lowest BCUT2D eigenvalue weighted by Gasteiger charge is -2.21. The number of nitrogens with two attached hydrogens (primary N) is 1. The van der Waals surface area contributed by atoms with Crippen molar-refractivity contribution in [3.05, 3.63) is 53.8 Å². The predicted octanol–water partition coefficient (Wildman–Crippen LogP) is 2.37. The quantitative estimate of drug-likeness (QED) is 0.834. The van der Waals surface area contributed by atoms with Crippen LogP contribution in [0.1, 0.15) is 17.3 Å². The van der Waals surface area contributed by atoms with E-state index in [0.29, 0.717) is 29.3 Å². The third-order valence-electron chi connectivity index (χ3n) is 3.48. The van der Waals surface area contributed by atoms with Gasteiger partial charge in [-0.2, -0.15) is 0 Å². The number of primary amides is 1. The predicted molar refractivity (Wildman–Crippen MR) is 91.4 cm³/mol. The molecule has 0 saturated heterocycles. The third-order valence-corrected chi connectivity index (χ3v) is 3.48. The maximum absolute atomic E-state index is 13.1. The number of anilines is 1. The zero-order valence-corrected chi connectivity index (χ0v) is 14.0. The zero-order valence-electron chi connectivity index (χ0n) is 14.0. The van der Waals surface area contributed by atoms with Gasteiger partial charge in [-0.3, -0.25) is 9.59 Å². The molecule has 0 spiro atoms. The fourth-order valence-electron chi connectivity index (χ4n) is 2.29. The fraction of sp³-hybridized carbons (Fsp3) is 0.222. The van der Waals surface area contributed by atoms with Gasteiger partial charge in [0.2, 0.25) is 0 Å². The molecule has 2 amide bonds. The molecule has 0 atom stereocenters. The van der Waals surface area contributed by atoms with Crippen LogP contribution >= 0.6 is 0 Å². The monoisotopic (exact) mass is 346 g/mol. The molecule has 0 fully saturated rings. The number of benzene rings is 2. The van der Waals surface area contributed by atoms with Crippen LogP contribution in [0, 0.1) is 5.82 Å². The number of hydrogen-bond acceptors (Lipinski definition) is 4. The van der Waals surface area contributed by atoms with Gasteiger partial charge < -0.3 is 20.1 Å². The van der Waals surface area contributed by atoms with E-state index < -0.39 is 5.91 Å². The molecule has 0 aromatic heterocycles. The number of carbonyl (C=O) groups is 2. The second-order valence-corrected chi connectivity index (χ2v) is 5.15. The molecule has 0 unspecified atom stereocenters. The zero-order chi connectivity index (χ0) is 18.4. The van der Waals surface area contributed by atoms with Crippen molar-refractivity contribution in [1.82, 2.24) is 0 Å². The van der Waals surface area contributed by atoms with E-state index in [1.54, 1.807) is 6.07 Å². The van der Waals surface area contributed by atoms with E-state index >= 15 is 0 Å². The average Bonchev–Trinajstić information content (AvgIpc) is 2.61. The molecule has 0 saturated carbocycles. The van der Waals surface area contributed by atoms with Gasteiger partial charge in [-0.25, -0.2) is 4.39 Å². The lowest BCUT2D eigenvalue weighted by Crippen LogP contribution is -2.30. The van der Waals surface area contributed by atoms with Crippen molar-refractivity contribution < 1.29 is 23.5 Å². The van der Waals surface area contributed by atoms with E-state index in [0.717, 1.165) is 0 Å². The summed E-state index contributed by atoms with van der Waals surface area (Å²) in [7, 11) is 1.43. The van der Waals surface area contributed by atoms with E-state index in [2.05, 4.69) is 0 Å². The van der Waals surface area contributed by atoms with E-state index in [1.165, 1.54) is 48.4 Å². The number of methoxy groups -OCH3 is 1. The number of nitrogens with zero attached hydrogens (tertiary/aromatic N) is 1. The topological polar surface area (TPSA) is 81.9 Å². The molecular weight excluding hydrogens is 327 g/mol. The minimum atomic E-state index is -0.615. The molecule has 6 nitrogen and oxygen atoms in total. The lowest BCUT2D eigenvalue weighted by molar-refractivity contribution is -0.119. The maximum atomic E-state index is 13.1. The summed E-state index contributed by atoms with van der Waals surface area (Å²) in [4.78, 5) is 25.1. The first-order valence-electron chi connectivity index (χ1n) is 7.62. The van der Waals surface area contributed by atoms with Crippen molar-refractivity contribution in [1.29, 1.82) is 0 Å². The normalized spacial score (nSPS) is 10.2. The molecule has 0 aliphatic rings. The van der Waals surface area contributed by atoms with Gasteiger partial charge in [-0.05, 0) is 49.4 Å². The second kappa shape index (κ2) is 8.14. The number of hydrogen-bond donors (Lipinski definition) is 1. The highest BCUT2D eigenvalue weighted by Crippen LogP contribution is 2.29.